The zero-order valence-corrected chi connectivity index (χ0v) is 10.3. The molecule has 0 aliphatic carbocycles. The van der Waals surface area contributed by atoms with Crippen molar-refractivity contribution in [3.63, 3.8) is 0 Å². The molecule has 0 atom stereocenters. The summed E-state index contributed by atoms with van der Waals surface area (Å²) in [5.41, 5.74) is 4.11. The monoisotopic (exact) mass is 243 g/mol. The van der Waals surface area contributed by atoms with E-state index in [0.717, 1.165) is 27.5 Å². The second-order valence-electron chi connectivity index (χ2n) is 4.56. The Labute approximate surface area is 111 Å². The summed E-state index contributed by atoms with van der Waals surface area (Å²) in [6.07, 6.45) is 0. The SMILES string of the molecule is [c]1ccc2oc3ccccc3c2c1-c1ccccc1. The molecule has 1 nitrogen and oxygen atoms in total. The zero-order chi connectivity index (χ0) is 12.7. The van der Waals surface area contributed by atoms with E-state index in [1.807, 2.05) is 48.5 Å². The highest BCUT2D eigenvalue weighted by Gasteiger charge is 2.11. The van der Waals surface area contributed by atoms with Crippen LogP contribution in [0.15, 0.2) is 71.1 Å². The lowest BCUT2D eigenvalue weighted by Crippen LogP contribution is -1.78. The van der Waals surface area contributed by atoms with Crippen LogP contribution in [0.5, 0.6) is 0 Å². The molecule has 4 aromatic rings. The van der Waals surface area contributed by atoms with Gasteiger partial charge in [0, 0.05) is 16.3 Å². The highest BCUT2D eigenvalue weighted by atomic mass is 16.3. The zero-order valence-electron chi connectivity index (χ0n) is 10.3. The van der Waals surface area contributed by atoms with E-state index < -0.39 is 0 Å². The predicted octanol–water partition coefficient (Wildman–Crippen LogP) is 5.05. The van der Waals surface area contributed by atoms with Crippen LogP contribution in [0.4, 0.5) is 0 Å². The number of hydrogen-bond acceptors (Lipinski definition) is 1. The third-order valence-corrected chi connectivity index (χ3v) is 3.40. The van der Waals surface area contributed by atoms with E-state index in [1.54, 1.807) is 0 Å². The summed E-state index contributed by atoms with van der Waals surface area (Å²) in [4.78, 5) is 0. The van der Waals surface area contributed by atoms with Gasteiger partial charge in [-0.15, -0.1) is 0 Å². The maximum absolute atomic E-state index is 5.89. The van der Waals surface area contributed by atoms with Crippen LogP contribution in [0.1, 0.15) is 0 Å². The Morgan fingerprint density at radius 3 is 2.42 bits per heavy atom. The smallest absolute Gasteiger partial charge is 0.136 e. The van der Waals surface area contributed by atoms with Crippen LogP contribution in [-0.4, -0.2) is 0 Å². The van der Waals surface area contributed by atoms with Gasteiger partial charge in [-0.2, -0.15) is 0 Å². The van der Waals surface area contributed by atoms with Gasteiger partial charge in [0.25, 0.3) is 0 Å². The van der Waals surface area contributed by atoms with Crippen LogP contribution in [0.2, 0.25) is 0 Å². The summed E-state index contributed by atoms with van der Waals surface area (Å²) in [5, 5.41) is 2.29. The van der Waals surface area contributed by atoms with E-state index in [9.17, 15) is 0 Å². The van der Waals surface area contributed by atoms with Gasteiger partial charge in [-0.3, -0.25) is 0 Å². The maximum atomic E-state index is 5.89. The summed E-state index contributed by atoms with van der Waals surface area (Å²) >= 11 is 0. The number of fused-ring (bicyclic) bond motifs is 3. The predicted molar refractivity (Wildman–Crippen MR) is 78.0 cm³/mol. The van der Waals surface area contributed by atoms with Gasteiger partial charge in [0.1, 0.15) is 11.2 Å². The van der Waals surface area contributed by atoms with Crippen molar-refractivity contribution in [2.45, 2.75) is 0 Å². The number of rotatable bonds is 1. The Kier molecular flexibility index (Phi) is 2.18. The van der Waals surface area contributed by atoms with E-state index in [2.05, 4.69) is 24.3 Å². The van der Waals surface area contributed by atoms with Crippen LogP contribution in [-0.2, 0) is 0 Å². The standard InChI is InChI=1S/C18H11O/c1-2-7-13(8-3-1)14-10-6-12-17-18(14)15-9-4-5-11-16(15)19-17/h1-9,11-12H. The van der Waals surface area contributed by atoms with Gasteiger partial charge in [0.15, 0.2) is 0 Å². The van der Waals surface area contributed by atoms with Crippen LogP contribution in [0, 0.1) is 6.07 Å². The average Bonchev–Trinajstić information content (AvgIpc) is 2.86. The van der Waals surface area contributed by atoms with Crippen molar-refractivity contribution in [1.82, 2.24) is 0 Å². The number of para-hydroxylation sites is 1. The first-order valence-corrected chi connectivity index (χ1v) is 6.31. The van der Waals surface area contributed by atoms with E-state index >= 15 is 0 Å². The first kappa shape index (κ1) is 10.4. The molecule has 1 heteroatoms. The van der Waals surface area contributed by atoms with Crippen molar-refractivity contribution >= 4 is 21.9 Å². The van der Waals surface area contributed by atoms with Crippen LogP contribution in [0.25, 0.3) is 33.1 Å². The fraction of sp³-hybridized carbons (Fsp3) is 0. The molecular formula is C18H11O. The lowest BCUT2D eigenvalue weighted by Gasteiger charge is -2.02. The van der Waals surface area contributed by atoms with Gasteiger partial charge in [-0.05, 0) is 29.8 Å². The summed E-state index contributed by atoms with van der Waals surface area (Å²) in [5.74, 6) is 0. The Morgan fingerprint density at radius 1 is 0.737 bits per heavy atom. The van der Waals surface area contributed by atoms with Crippen molar-refractivity contribution < 1.29 is 4.42 Å². The molecule has 0 aliphatic heterocycles. The summed E-state index contributed by atoms with van der Waals surface area (Å²) in [6.45, 7) is 0. The van der Waals surface area contributed by atoms with Crippen molar-refractivity contribution in [2.24, 2.45) is 0 Å². The summed E-state index contributed by atoms with van der Waals surface area (Å²) < 4.78 is 5.89. The van der Waals surface area contributed by atoms with E-state index in [0.29, 0.717) is 0 Å². The summed E-state index contributed by atoms with van der Waals surface area (Å²) in [7, 11) is 0. The normalized spacial score (nSPS) is 11.2. The second kappa shape index (κ2) is 3.99. The highest BCUT2D eigenvalue weighted by Crippen LogP contribution is 2.35. The van der Waals surface area contributed by atoms with Crippen molar-refractivity contribution in [1.29, 1.82) is 0 Å². The first-order valence-electron chi connectivity index (χ1n) is 6.31. The Morgan fingerprint density at radius 2 is 1.53 bits per heavy atom. The van der Waals surface area contributed by atoms with Crippen LogP contribution < -0.4 is 0 Å². The van der Waals surface area contributed by atoms with Gasteiger partial charge < -0.3 is 4.42 Å². The minimum absolute atomic E-state index is 0.916. The molecule has 89 valence electrons. The number of benzene rings is 3. The van der Waals surface area contributed by atoms with Crippen molar-refractivity contribution in [2.75, 3.05) is 0 Å². The fourth-order valence-electron chi connectivity index (χ4n) is 2.54. The van der Waals surface area contributed by atoms with Gasteiger partial charge in [0.05, 0.1) is 0 Å². The molecule has 0 unspecified atom stereocenters. The molecule has 0 bridgehead atoms. The second-order valence-corrected chi connectivity index (χ2v) is 4.56. The molecule has 0 aliphatic rings. The molecule has 19 heavy (non-hydrogen) atoms. The van der Waals surface area contributed by atoms with Gasteiger partial charge in [0.2, 0.25) is 0 Å². The van der Waals surface area contributed by atoms with Gasteiger partial charge in [-0.1, -0.05) is 48.5 Å². The number of hydrogen-bond donors (Lipinski definition) is 0. The van der Waals surface area contributed by atoms with Gasteiger partial charge >= 0.3 is 0 Å². The summed E-state index contributed by atoms with van der Waals surface area (Å²) in [6, 6.07) is 25.7. The molecule has 0 spiro atoms. The molecule has 0 N–H and O–H groups in total. The average molecular weight is 243 g/mol. The first-order chi connectivity index (χ1) is 9.43. The lowest BCUT2D eigenvalue weighted by molar-refractivity contribution is 0.669. The highest BCUT2D eigenvalue weighted by molar-refractivity contribution is 6.12. The van der Waals surface area contributed by atoms with E-state index in [-0.39, 0.29) is 0 Å². The largest absolute Gasteiger partial charge is 0.456 e. The molecule has 0 saturated carbocycles. The van der Waals surface area contributed by atoms with Crippen molar-refractivity contribution in [3.05, 3.63) is 72.8 Å². The van der Waals surface area contributed by atoms with E-state index in [1.165, 1.54) is 5.56 Å². The lowest BCUT2D eigenvalue weighted by atomic mass is 10.00. The fourth-order valence-corrected chi connectivity index (χ4v) is 2.54. The maximum Gasteiger partial charge on any atom is 0.136 e. The molecule has 1 aromatic heterocycles. The van der Waals surface area contributed by atoms with Crippen LogP contribution in [0.3, 0.4) is 0 Å². The topological polar surface area (TPSA) is 13.1 Å². The molecule has 0 amide bonds. The Balaban J connectivity index is 2.17. The minimum atomic E-state index is 0.916. The van der Waals surface area contributed by atoms with Crippen molar-refractivity contribution in [3.8, 4) is 11.1 Å². The van der Waals surface area contributed by atoms with E-state index in [4.69, 9.17) is 4.42 Å². The molecular weight excluding hydrogens is 232 g/mol. The minimum Gasteiger partial charge on any atom is -0.456 e. The molecule has 3 aromatic carbocycles. The quantitative estimate of drug-likeness (QED) is 0.455. The van der Waals surface area contributed by atoms with Crippen LogP contribution >= 0.6 is 0 Å². The van der Waals surface area contributed by atoms with Gasteiger partial charge in [-0.25, -0.2) is 0 Å². The molecule has 1 heterocycles. The molecule has 0 saturated heterocycles. The molecule has 1 radical (unpaired) electrons. The molecule has 0 fully saturated rings. The third-order valence-electron chi connectivity index (χ3n) is 3.40. The molecule has 4 rings (SSSR count). The number of furan rings is 1. The third kappa shape index (κ3) is 1.55. The Bertz CT molecular complexity index is 857. The Hall–Kier alpha value is -2.54.